The maximum atomic E-state index is 14.3. The largest absolute Gasteiger partial charge is 0.612 e. The lowest BCUT2D eigenvalue weighted by Crippen LogP contribution is -2.11. The van der Waals surface area contributed by atoms with Crippen LogP contribution in [0.5, 0.6) is 0 Å². The van der Waals surface area contributed by atoms with Crippen LogP contribution >= 0.6 is 0 Å². The predicted molar refractivity (Wildman–Crippen MR) is 135 cm³/mol. The first-order valence-electron chi connectivity index (χ1n) is 10.5. The fourth-order valence-electron chi connectivity index (χ4n) is 3.74. The molecule has 37 heavy (non-hydrogen) atoms. The number of aromatic nitrogens is 2. The van der Waals surface area contributed by atoms with E-state index in [-0.39, 0.29) is 33.0 Å². The van der Waals surface area contributed by atoms with Crippen LogP contribution in [0, 0.1) is 0 Å². The van der Waals surface area contributed by atoms with E-state index in [1.807, 2.05) is 0 Å². The summed E-state index contributed by atoms with van der Waals surface area (Å²) in [6.07, 6.45) is -1.90. The van der Waals surface area contributed by atoms with E-state index in [1.165, 1.54) is 85.3 Å². The molecule has 0 aliphatic rings. The Morgan fingerprint density at radius 1 is 0.811 bits per heavy atom. The zero-order valence-corrected chi connectivity index (χ0v) is 21.8. The van der Waals surface area contributed by atoms with Crippen molar-refractivity contribution in [2.75, 3.05) is 12.5 Å². The van der Waals surface area contributed by atoms with Gasteiger partial charge in [0.05, 0.1) is 16.3 Å². The lowest BCUT2D eigenvalue weighted by atomic mass is 9.98. The van der Waals surface area contributed by atoms with Crippen molar-refractivity contribution in [1.29, 1.82) is 0 Å². The number of hydrogen-bond acceptors (Lipinski definition) is 5. The number of nitrogens with zero attached hydrogens (tertiary/aromatic N) is 2. The molecule has 0 saturated carbocycles. The molecule has 1 aromatic heterocycles. The Hall–Kier alpha value is -2.81. The summed E-state index contributed by atoms with van der Waals surface area (Å²) in [6, 6.07) is 17.0. The Balaban J connectivity index is 2.03. The second-order valence-electron chi connectivity index (χ2n) is 7.98. The van der Waals surface area contributed by atoms with Gasteiger partial charge in [0.15, 0.2) is 15.5 Å². The molecular weight excluding hydrogens is 547 g/mol. The van der Waals surface area contributed by atoms with Gasteiger partial charge in [0.25, 0.3) is 0 Å². The third-order valence-electron chi connectivity index (χ3n) is 5.50. The van der Waals surface area contributed by atoms with E-state index in [4.69, 9.17) is 5.14 Å². The molecule has 7 nitrogen and oxygen atoms in total. The summed E-state index contributed by atoms with van der Waals surface area (Å²) < 4.78 is 91.1. The normalized spacial score (nSPS) is 13.9. The van der Waals surface area contributed by atoms with Gasteiger partial charge in [0, 0.05) is 11.1 Å². The molecule has 4 aromatic rings. The van der Waals surface area contributed by atoms with Crippen LogP contribution in [-0.2, 0) is 38.6 Å². The van der Waals surface area contributed by atoms with Gasteiger partial charge in [-0.25, -0.2) is 18.2 Å². The van der Waals surface area contributed by atoms with Crippen LogP contribution in [0.2, 0.25) is 0 Å². The SMILES string of the molecule is C[S+]([O-])c1ccc(-c2c(C(F)(F)F)nn(-c3ccc([S+](C)[O-])cc3)c2-c2ccc(S(N)(=O)=O)cc2)cc1. The van der Waals surface area contributed by atoms with Crippen LogP contribution in [0.4, 0.5) is 13.2 Å². The Morgan fingerprint density at radius 2 is 1.27 bits per heavy atom. The molecule has 2 unspecified atom stereocenters. The summed E-state index contributed by atoms with van der Waals surface area (Å²) >= 11 is -2.63. The topological polar surface area (TPSA) is 124 Å². The third kappa shape index (κ3) is 5.71. The molecule has 0 aliphatic heterocycles. The second kappa shape index (κ2) is 10.2. The highest BCUT2D eigenvalue weighted by Gasteiger charge is 2.40. The Kier molecular flexibility index (Phi) is 7.48. The van der Waals surface area contributed by atoms with Gasteiger partial charge in [-0.3, -0.25) is 0 Å². The Morgan fingerprint density at radius 3 is 1.70 bits per heavy atom. The molecule has 0 amide bonds. The number of sulfonamides is 1. The highest BCUT2D eigenvalue weighted by Crippen LogP contribution is 2.43. The molecule has 1 heterocycles. The van der Waals surface area contributed by atoms with Crippen molar-refractivity contribution < 1.29 is 30.7 Å². The number of benzene rings is 3. The molecule has 2 atom stereocenters. The number of hydrogen-bond donors (Lipinski definition) is 1. The van der Waals surface area contributed by atoms with Gasteiger partial charge in [0.2, 0.25) is 10.0 Å². The van der Waals surface area contributed by atoms with E-state index in [1.54, 1.807) is 0 Å². The van der Waals surface area contributed by atoms with Crippen molar-refractivity contribution in [3.63, 3.8) is 0 Å². The first kappa shape index (κ1) is 27.2. The summed E-state index contributed by atoms with van der Waals surface area (Å²) in [6.45, 7) is 0. The summed E-state index contributed by atoms with van der Waals surface area (Å²) in [7, 11) is -4.03. The minimum atomic E-state index is -4.84. The van der Waals surface area contributed by atoms with Crippen LogP contribution in [0.25, 0.3) is 28.1 Å². The predicted octanol–water partition coefficient (Wildman–Crippen LogP) is 4.35. The Bertz CT molecular complexity index is 1520. The van der Waals surface area contributed by atoms with E-state index < -0.39 is 44.2 Å². The van der Waals surface area contributed by atoms with Crippen molar-refractivity contribution in [3.8, 4) is 28.1 Å². The molecule has 4 rings (SSSR count). The van der Waals surface area contributed by atoms with Gasteiger partial charge in [-0.1, -0.05) is 12.1 Å². The van der Waals surface area contributed by atoms with Crippen molar-refractivity contribution in [2.45, 2.75) is 20.9 Å². The van der Waals surface area contributed by atoms with Gasteiger partial charge >= 0.3 is 6.18 Å². The third-order valence-corrected chi connectivity index (χ3v) is 8.30. The van der Waals surface area contributed by atoms with Crippen molar-refractivity contribution in [1.82, 2.24) is 9.78 Å². The van der Waals surface area contributed by atoms with Crippen molar-refractivity contribution in [2.24, 2.45) is 5.14 Å². The molecule has 0 bridgehead atoms. The fraction of sp³-hybridized carbons (Fsp3) is 0.125. The molecule has 0 spiro atoms. The van der Waals surface area contributed by atoms with Gasteiger partial charge in [-0.15, -0.1) is 0 Å². The smallest absolute Gasteiger partial charge is 0.435 e. The lowest BCUT2D eigenvalue weighted by molar-refractivity contribution is -0.140. The van der Waals surface area contributed by atoms with Gasteiger partial charge < -0.3 is 9.11 Å². The number of rotatable bonds is 6. The number of alkyl halides is 3. The minimum Gasteiger partial charge on any atom is -0.612 e. The maximum absolute atomic E-state index is 14.3. The monoisotopic (exact) mass is 567 g/mol. The number of primary sulfonamides is 1. The zero-order chi connectivity index (χ0) is 27.1. The fourth-order valence-corrected chi connectivity index (χ4v) is 5.29. The quantitative estimate of drug-likeness (QED) is 0.347. The minimum absolute atomic E-state index is 0.0454. The molecule has 3 aromatic carbocycles. The highest BCUT2D eigenvalue weighted by atomic mass is 32.2. The van der Waals surface area contributed by atoms with Crippen LogP contribution in [0.15, 0.2) is 87.5 Å². The number of nitrogens with two attached hydrogens (primary N) is 1. The van der Waals surface area contributed by atoms with Crippen LogP contribution < -0.4 is 5.14 Å². The molecule has 194 valence electrons. The van der Waals surface area contributed by atoms with E-state index in [0.717, 1.165) is 4.68 Å². The molecule has 0 fully saturated rings. The second-order valence-corrected chi connectivity index (χ2v) is 12.3. The van der Waals surface area contributed by atoms with Crippen molar-refractivity contribution >= 4 is 32.4 Å². The van der Waals surface area contributed by atoms with Crippen LogP contribution in [0.1, 0.15) is 5.69 Å². The standard InChI is InChI=1S/C24H20F3N3O4S3/c1-35(31)18-9-3-15(4-10-18)21-22(16-5-13-20(14-6-16)37(28,33)34)30(29-23(21)24(25,26)27)17-7-11-19(12-8-17)36(2)32/h3-14H,1-2H3,(H2,28,33,34). The van der Waals surface area contributed by atoms with E-state index in [2.05, 4.69) is 5.10 Å². The first-order chi connectivity index (χ1) is 17.3. The highest BCUT2D eigenvalue weighted by molar-refractivity contribution is 7.91. The first-order valence-corrected chi connectivity index (χ1v) is 15.1. The molecule has 0 saturated heterocycles. The van der Waals surface area contributed by atoms with Gasteiger partial charge in [0.1, 0.15) is 12.5 Å². The van der Waals surface area contributed by atoms with Gasteiger partial charge in [-0.2, -0.15) is 18.3 Å². The Labute approximate surface area is 217 Å². The maximum Gasteiger partial charge on any atom is 0.435 e. The molecule has 0 aliphatic carbocycles. The van der Waals surface area contributed by atoms with Crippen LogP contribution in [0.3, 0.4) is 0 Å². The molecule has 2 N–H and O–H groups in total. The molecular formula is C24H20F3N3O4S3. The summed E-state index contributed by atoms with van der Waals surface area (Å²) in [5.41, 5.74) is -0.674. The summed E-state index contributed by atoms with van der Waals surface area (Å²) in [4.78, 5) is 0.714. The van der Waals surface area contributed by atoms with Crippen molar-refractivity contribution in [3.05, 3.63) is 78.5 Å². The zero-order valence-electron chi connectivity index (χ0n) is 19.4. The van der Waals surface area contributed by atoms with Crippen LogP contribution in [-0.4, -0.2) is 39.8 Å². The molecule has 13 heteroatoms. The van der Waals surface area contributed by atoms with E-state index >= 15 is 0 Å². The van der Waals surface area contributed by atoms with E-state index in [0.29, 0.717) is 9.79 Å². The molecule has 0 radical (unpaired) electrons. The summed E-state index contributed by atoms with van der Waals surface area (Å²) in [5, 5.41) is 9.10. The average Bonchev–Trinajstić information content (AvgIpc) is 3.25. The van der Waals surface area contributed by atoms with E-state index in [9.17, 15) is 30.7 Å². The summed E-state index contributed by atoms with van der Waals surface area (Å²) in [5.74, 6) is 0. The lowest BCUT2D eigenvalue weighted by Gasteiger charge is -2.13. The number of halogens is 3. The van der Waals surface area contributed by atoms with Gasteiger partial charge in [-0.05, 0) is 88.6 Å². The average molecular weight is 568 g/mol.